The second-order valence-corrected chi connectivity index (χ2v) is 14.8. The highest BCUT2D eigenvalue weighted by atomic mass is 16.7. The summed E-state index contributed by atoms with van der Waals surface area (Å²) in [7, 11) is 0. The van der Waals surface area contributed by atoms with Gasteiger partial charge >= 0.3 is 24.4 Å². The second kappa shape index (κ2) is 17.9. The molecule has 53 heavy (non-hydrogen) atoms. The predicted molar refractivity (Wildman–Crippen MR) is 172 cm³/mol. The highest BCUT2D eigenvalue weighted by molar-refractivity contribution is 5.68. The van der Waals surface area contributed by atoms with Crippen LogP contribution < -0.4 is 21.3 Å². The zero-order valence-corrected chi connectivity index (χ0v) is 29.9. The molecule has 2 saturated heterocycles. The van der Waals surface area contributed by atoms with E-state index in [1.165, 1.54) is 0 Å². The van der Waals surface area contributed by atoms with Crippen molar-refractivity contribution in [3.05, 3.63) is 0 Å². The van der Waals surface area contributed by atoms with Crippen LogP contribution in [0.25, 0.3) is 0 Å². The number of alkyl carbamates (subject to hydrolysis) is 2. The lowest BCUT2D eigenvalue weighted by atomic mass is 9.83. The summed E-state index contributed by atoms with van der Waals surface area (Å²) in [4.78, 5) is 48.3. The summed E-state index contributed by atoms with van der Waals surface area (Å²) >= 11 is 0. The Bertz CT molecular complexity index is 1260. The predicted octanol–water partition coefficient (Wildman–Crippen LogP) is -3.54. The molecule has 1 aliphatic carbocycles. The molecular weight excluding hydrogens is 720 g/mol. The van der Waals surface area contributed by atoms with E-state index in [1.807, 2.05) is 0 Å². The summed E-state index contributed by atoms with van der Waals surface area (Å²) in [6.45, 7) is 8.11. The first-order valence-electron chi connectivity index (χ1n) is 16.7. The first-order valence-corrected chi connectivity index (χ1v) is 16.7. The molecule has 1 saturated carbocycles. The van der Waals surface area contributed by atoms with Gasteiger partial charge in [-0.3, -0.25) is 0 Å². The van der Waals surface area contributed by atoms with E-state index in [9.17, 15) is 65.1 Å². The molecule has 23 heteroatoms. The Labute approximate surface area is 303 Å². The summed E-state index contributed by atoms with van der Waals surface area (Å²) in [5.41, 5.74) is -1.88. The third-order valence-electron chi connectivity index (χ3n) is 8.26. The van der Waals surface area contributed by atoms with Crippen LogP contribution in [0.15, 0.2) is 0 Å². The Morgan fingerprint density at radius 3 is 1.57 bits per heavy atom. The fraction of sp³-hybridized carbons (Fsp3) is 0.867. The van der Waals surface area contributed by atoms with Gasteiger partial charge in [0, 0.05) is 6.54 Å². The van der Waals surface area contributed by atoms with Crippen molar-refractivity contribution in [3.8, 4) is 0 Å². The molecule has 0 unspecified atom stereocenters. The number of aliphatic hydroxyl groups excluding tert-OH is 7. The Balaban J connectivity index is 1.91. The van der Waals surface area contributed by atoms with E-state index in [0.29, 0.717) is 0 Å². The van der Waals surface area contributed by atoms with Crippen LogP contribution in [0, 0.1) is 0 Å². The van der Waals surface area contributed by atoms with Crippen molar-refractivity contribution in [3.63, 3.8) is 0 Å². The van der Waals surface area contributed by atoms with Gasteiger partial charge < -0.3 is 95.6 Å². The van der Waals surface area contributed by atoms with Crippen LogP contribution in [-0.4, -0.2) is 186 Å². The normalized spacial score (nSPS) is 37.9. The smallest absolute Gasteiger partial charge is 0.408 e. The van der Waals surface area contributed by atoms with Gasteiger partial charge in [-0.25, -0.2) is 19.2 Å². The molecule has 3 fully saturated rings. The number of rotatable bonds is 10. The van der Waals surface area contributed by atoms with Gasteiger partial charge in [0.25, 0.3) is 0 Å². The standard InChI is InChI=1S/C30H52N4O19/c1-29(2,3)52-27(46)31-8-12-16(37)18(39)19(40)24(48-12)51-22-11(33-26(44)45)7-10(32-25(42)43)21(20(22)41)50-23-17(38)14(15(36)13(9-35)49-23)34-28(47)53-30(4,5)6/h10-24,32-33,35-41H,7-9H2,1-6H3,(H,31,46)(H,34,47)(H,42,43)(H,44,45)/t10-,11+,12-,13-,14+,15-,16-,17-,18+,19-,20-,21+,22-,23-,24-/m1/s1. The Morgan fingerprint density at radius 1 is 0.623 bits per heavy atom. The van der Waals surface area contributed by atoms with Gasteiger partial charge in [-0.05, 0) is 48.0 Å². The Kier molecular flexibility index (Phi) is 14.8. The van der Waals surface area contributed by atoms with Crippen LogP contribution in [0.1, 0.15) is 48.0 Å². The fourth-order valence-electron chi connectivity index (χ4n) is 5.97. The highest BCUT2D eigenvalue weighted by Crippen LogP contribution is 2.33. The highest BCUT2D eigenvalue weighted by Gasteiger charge is 2.54. The van der Waals surface area contributed by atoms with Crippen molar-refractivity contribution in [2.24, 2.45) is 0 Å². The van der Waals surface area contributed by atoms with Crippen LogP contribution in [0.2, 0.25) is 0 Å². The van der Waals surface area contributed by atoms with E-state index < -0.39 is 147 Å². The number of aliphatic hydroxyl groups is 7. The number of ether oxygens (including phenoxy) is 6. The molecule has 0 aromatic rings. The molecule has 13 N–H and O–H groups in total. The summed E-state index contributed by atoms with van der Waals surface area (Å²) in [6.07, 6.45) is -27.7. The quantitative estimate of drug-likeness (QED) is 0.102. The van der Waals surface area contributed by atoms with Crippen molar-refractivity contribution in [2.75, 3.05) is 13.2 Å². The third-order valence-corrected chi connectivity index (χ3v) is 8.26. The van der Waals surface area contributed by atoms with E-state index >= 15 is 0 Å². The van der Waals surface area contributed by atoms with Gasteiger partial charge in [0.15, 0.2) is 12.6 Å². The number of amides is 4. The van der Waals surface area contributed by atoms with E-state index in [2.05, 4.69) is 21.3 Å². The van der Waals surface area contributed by atoms with Crippen molar-refractivity contribution in [1.29, 1.82) is 0 Å². The summed E-state index contributed by atoms with van der Waals surface area (Å²) in [5, 5.41) is 103. The van der Waals surface area contributed by atoms with Gasteiger partial charge in [-0.1, -0.05) is 0 Å². The molecule has 2 heterocycles. The van der Waals surface area contributed by atoms with Gasteiger partial charge in [0.2, 0.25) is 0 Å². The second-order valence-electron chi connectivity index (χ2n) is 14.8. The number of carbonyl (C=O) groups excluding carboxylic acids is 2. The first-order chi connectivity index (χ1) is 24.4. The molecule has 2 aliphatic heterocycles. The number of hydrogen-bond acceptors (Lipinski definition) is 17. The number of nitrogens with one attached hydrogen (secondary N) is 4. The largest absolute Gasteiger partial charge is 0.465 e. The van der Waals surface area contributed by atoms with Crippen LogP contribution in [0.5, 0.6) is 0 Å². The van der Waals surface area contributed by atoms with Crippen molar-refractivity contribution in [2.45, 2.75) is 151 Å². The third kappa shape index (κ3) is 12.1. The maximum Gasteiger partial charge on any atom is 0.408 e. The lowest BCUT2D eigenvalue weighted by Gasteiger charge is -2.49. The first kappa shape index (κ1) is 44.0. The minimum Gasteiger partial charge on any atom is -0.465 e. The molecule has 3 aliphatic rings. The zero-order valence-electron chi connectivity index (χ0n) is 29.9. The van der Waals surface area contributed by atoms with Gasteiger partial charge in [-0.2, -0.15) is 0 Å². The maximum atomic E-state index is 12.5. The average Bonchev–Trinajstić information content (AvgIpc) is 3.01. The van der Waals surface area contributed by atoms with E-state index in [0.717, 1.165) is 0 Å². The average molecular weight is 773 g/mol. The van der Waals surface area contributed by atoms with E-state index in [1.54, 1.807) is 41.5 Å². The molecular formula is C30H52N4O19. The molecule has 306 valence electrons. The Hall–Kier alpha value is -3.36. The fourth-order valence-corrected chi connectivity index (χ4v) is 5.97. The molecule has 3 rings (SSSR count). The zero-order chi connectivity index (χ0) is 40.2. The topological polar surface area (TPSA) is 354 Å². The van der Waals surface area contributed by atoms with Crippen molar-refractivity contribution < 1.29 is 93.6 Å². The van der Waals surface area contributed by atoms with Gasteiger partial charge in [-0.15, -0.1) is 0 Å². The van der Waals surface area contributed by atoms with Crippen LogP contribution in [0.4, 0.5) is 19.2 Å². The lowest BCUT2D eigenvalue weighted by molar-refractivity contribution is -0.334. The van der Waals surface area contributed by atoms with E-state index in [-0.39, 0.29) is 0 Å². The van der Waals surface area contributed by atoms with Gasteiger partial charge in [0.1, 0.15) is 72.2 Å². The molecule has 0 aromatic heterocycles. The Morgan fingerprint density at radius 2 is 1.09 bits per heavy atom. The van der Waals surface area contributed by atoms with Crippen LogP contribution >= 0.6 is 0 Å². The lowest BCUT2D eigenvalue weighted by Crippen LogP contribution is -2.70. The molecule has 0 spiro atoms. The molecule has 0 radical (unpaired) electrons. The summed E-state index contributed by atoms with van der Waals surface area (Å²) < 4.78 is 33.1. The maximum absolute atomic E-state index is 12.5. The number of carbonyl (C=O) groups is 4. The minimum absolute atomic E-state index is 0.479. The van der Waals surface area contributed by atoms with Crippen molar-refractivity contribution >= 4 is 24.4 Å². The number of carboxylic acid groups (broad SMARTS) is 2. The summed E-state index contributed by atoms with van der Waals surface area (Å²) in [5.74, 6) is 0. The molecule has 23 nitrogen and oxygen atoms in total. The molecule has 15 atom stereocenters. The van der Waals surface area contributed by atoms with Crippen molar-refractivity contribution in [1.82, 2.24) is 21.3 Å². The summed E-state index contributed by atoms with van der Waals surface area (Å²) in [6, 6.07) is -4.57. The minimum atomic E-state index is -2.08. The van der Waals surface area contributed by atoms with E-state index in [4.69, 9.17) is 28.4 Å². The number of hydrogen-bond donors (Lipinski definition) is 13. The monoisotopic (exact) mass is 772 g/mol. The van der Waals surface area contributed by atoms with Crippen LogP contribution in [-0.2, 0) is 28.4 Å². The van der Waals surface area contributed by atoms with Gasteiger partial charge in [0.05, 0.1) is 24.7 Å². The molecule has 0 bridgehead atoms. The van der Waals surface area contributed by atoms with Crippen LogP contribution in [0.3, 0.4) is 0 Å². The SMILES string of the molecule is CC(C)(C)OC(=O)NC[C@H]1O[C@H](O[C@H]2[C@H](O)[C@@H](O[C@H]3O[C@H](CO)[C@@H](O)[C@H](NC(=O)OC(C)(C)C)[C@H]3O)[C@H](NC(=O)O)C[C@@H]2NC(=O)O)[C@H](O)[C@@H](O)[C@@H]1O. The molecule has 4 amide bonds. The molecule has 0 aromatic carbocycles.